The highest BCUT2D eigenvalue weighted by Gasteiger charge is 2.31. The lowest BCUT2D eigenvalue weighted by Gasteiger charge is -2.38. The lowest BCUT2D eigenvalue weighted by Crippen LogP contribution is -2.25. The average molecular weight is 461 g/mol. The molecule has 0 radical (unpaired) electrons. The minimum atomic E-state index is -0.756. The van der Waals surface area contributed by atoms with Gasteiger partial charge in [0.25, 0.3) is 0 Å². The topological polar surface area (TPSA) is 0 Å². The zero-order chi connectivity index (χ0) is 22.3. The van der Waals surface area contributed by atoms with Gasteiger partial charge in [-0.15, -0.1) is 11.8 Å². The SMILES string of the molecule is Fc1ccc(C2CCC(C3CCC(CCC(F)CSc4ccccc4)CC3)CC2)cc1F. The van der Waals surface area contributed by atoms with E-state index >= 15 is 0 Å². The molecule has 2 aromatic rings. The molecule has 174 valence electrons. The monoisotopic (exact) mass is 460 g/mol. The molecule has 0 heterocycles. The maximum absolute atomic E-state index is 14.4. The molecule has 4 rings (SSSR count). The van der Waals surface area contributed by atoms with Crippen LogP contribution >= 0.6 is 11.8 Å². The molecule has 0 amide bonds. The van der Waals surface area contributed by atoms with Gasteiger partial charge in [-0.1, -0.05) is 37.1 Å². The molecule has 32 heavy (non-hydrogen) atoms. The maximum Gasteiger partial charge on any atom is 0.159 e. The second-order valence-corrected chi connectivity index (χ2v) is 11.0. The summed E-state index contributed by atoms with van der Waals surface area (Å²) in [6.45, 7) is 0. The Kier molecular flexibility index (Phi) is 8.62. The van der Waals surface area contributed by atoms with E-state index in [9.17, 15) is 13.2 Å². The Balaban J connectivity index is 1.13. The summed E-state index contributed by atoms with van der Waals surface area (Å²) in [7, 11) is 0. The van der Waals surface area contributed by atoms with E-state index in [2.05, 4.69) is 0 Å². The molecule has 2 saturated carbocycles. The van der Waals surface area contributed by atoms with Crippen molar-refractivity contribution >= 4 is 11.8 Å². The normalized spacial score (nSPS) is 27.2. The van der Waals surface area contributed by atoms with E-state index < -0.39 is 17.8 Å². The van der Waals surface area contributed by atoms with Crippen LogP contribution in [0, 0.1) is 29.4 Å². The first-order valence-electron chi connectivity index (χ1n) is 12.4. The lowest BCUT2D eigenvalue weighted by molar-refractivity contribution is 0.152. The molecule has 4 heteroatoms. The van der Waals surface area contributed by atoms with Crippen molar-refractivity contribution in [3.8, 4) is 0 Å². The Morgan fingerprint density at radius 3 is 2.09 bits per heavy atom. The van der Waals surface area contributed by atoms with Crippen LogP contribution in [0.4, 0.5) is 13.2 Å². The third-order valence-corrected chi connectivity index (χ3v) is 8.94. The molecule has 2 aromatic carbocycles. The molecule has 0 aromatic heterocycles. The Hall–Kier alpha value is -1.42. The van der Waals surface area contributed by atoms with Gasteiger partial charge in [0.1, 0.15) is 6.17 Å². The predicted molar refractivity (Wildman–Crippen MR) is 128 cm³/mol. The first-order chi connectivity index (χ1) is 15.6. The molecule has 0 bridgehead atoms. The minimum absolute atomic E-state index is 0.368. The molecular weight excluding hydrogens is 425 g/mol. The van der Waals surface area contributed by atoms with Crippen LogP contribution in [-0.2, 0) is 0 Å². The smallest absolute Gasteiger partial charge is 0.159 e. The second kappa shape index (κ2) is 11.6. The van der Waals surface area contributed by atoms with Gasteiger partial charge < -0.3 is 0 Å². The van der Waals surface area contributed by atoms with Crippen LogP contribution in [0.2, 0.25) is 0 Å². The van der Waals surface area contributed by atoms with Gasteiger partial charge in [0, 0.05) is 10.6 Å². The van der Waals surface area contributed by atoms with Crippen molar-refractivity contribution in [1.29, 1.82) is 0 Å². The van der Waals surface area contributed by atoms with Crippen LogP contribution in [0.3, 0.4) is 0 Å². The van der Waals surface area contributed by atoms with Crippen molar-refractivity contribution in [2.24, 2.45) is 17.8 Å². The fourth-order valence-electron chi connectivity index (χ4n) is 5.84. The van der Waals surface area contributed by atoms with Gasteiger partial charge in [-0.2, -0.15) is 0 Å². The van der Waals surface area contributed by atoms with Crippen LogP contribution in [-0.4, -0.2) is 11.9 Å². The van der Waals surface area contributed by atoms with Gasteiger partial charge in [-0.25, -0.2) is 13.2 Å². The largest absolute Gasteiger partial charge is 0.247 e. The highest BCUT2D eigenvalue weighted by molar-refractivity contribution is 7.99. The number of benzene rings is 2. The third kappa shape index (κ3) is 6.56. The van der Waals surface area contributed by atoms with Crippen LogP contribution in [0.5, 0.6) is 0 Å². The van der Waals surface area contributed by atoms with E-state index in [-0.39, 0.29) is 0 Å². The van der Waals surface area contributed by atoms with E-state index in [0.29, 0.717) is 24.0 Å². The fourth-order valence-corrected chi connectivity index (χ4v) is 6.73. The third-order valence-electron chi connectivity index (χ3n) is 7.81. The first kappa shape index (κ1) is 23.7. The zero-order valence-electron chi connectivity index (χ0n) is 18.8. The van der Waals surface area contributed by atoms with E-state index in [1.54, 1.807) is 17.8 Å². The zero-order valence-corrected chi connectivity index (χ0v) is 19.6. The fraction of sp³-hybridized carbons (Fsp3) is 0.571. The summed E-state index contributed by atoms with van der Waals surface area (Å²) in [4.78, 5) is 1.15. The van der Waals surface area contributed by atoms with Crippen LogP contribution < -0.4 is 0 Å². The van der Waals surface area contributed by atoms with Crippen molar-refractivity contribution in [1.82, 2.24) is 0 Å². The van der Waals surface area contributed by atoms with E-state index in [1.165, 1.54) is 50.7 Å². The predicted octanol–water partition coefficient (Wildman–Crippen LogP) is 8.96. The molecule has 0 spiro atoms. The summed E-state index contributed by atoms with van der Waals surface area (Å²) >= 11 is 1.62. The molecule has 1 atom stereocenters. The number of hydrogen-bond donors (Lipinski definition) is 0. The molecule has 0 saturated heterocycles. The van der Waals surface area contributed by atoms with Gasteiger partial charge >= 0.3 is 0 Å². The number of alkyl halides is 1. The molecule has 1 unspecified atom stereocenters. The quantitative estimate of drug-likeness (QED) is 0.354. The highest BCUT2D eigenvalue weighted by Crippen LogP contribution is 2.44. The van der Waals surface area contributed by atoms with Crippen LogP contribution in [0.1, 0.15) is 75.7 Å². The number of rotatable bonds is 8. The average Bonchev–Trinajstić information content (AvgIpc) is 2.84. The Bertz CT molecular complexity index is 824. The summed E-state index contributed by atoms with van der Waals surface area (Å²) in [6.07, 6.45) is 10.6. The van der Waals surface area contributed by atoms with Crippen molar-refractivity contribution in [2.45, 2.75) is 81.2 Å². The van der Waals surface area contributed by atoms with Gasteiger partial charge in [-0.05, 0) is 105 Å². The summed E-state index contributed by atoms with van der Waals surface area (Å²) < 4.78 is 41.2. The Morgan fingerprint density at radius 1 is 0.781 bits per heavy atom. The molecule has 0 aliphatic heterocycles. The van der Waals surface area contributed by atoms with Gasteiger partial charge in [0.15, 0.2) is 11.6 Å². The molecule has 0 nitrogen and oxygen atoms in total. The Labute approximate surface area is 195 Å². The second-order valence-electron chi connectivity index (χ2n) is 9.86. The van der Waals surface area contributed by atoms with Crippen molar-refractivity contribution < 1.29 is 13.2 Å². The Morgan fingerprint density at radius 2 is 1.44 bits per heavy atom. The molecule has 2 aliphatic carbocycles. The summed E-state index contributed by atoms with van der Waals surface area (Å²) in [5, 5.41) is 0. The van der Waals surface area contributed by atoms with Crippen molar-refractivity contribution in [3.63, 3.8) is 0 Å². The summed E-state index contributed by atoms with van der Waals surface area (Å²) in [5.41, 5.74) is 0.956. The van der Waals surface area contributed by atoms with Gasteiger partial charge in [-0.3, -0.25) is 0 Å². The van der Waals surface area contributed by atoms with E-state index in [4.69, 9.17) is 0 Å². The first-order valence-corrected chi connectivity index (χ1v) is 13.3. The van der Waals surface area contributed by atoms with Crippen molar-refractivity contribution in [2.75, 3.05) is 5.75 Å². The highest BCUT2D eigenvalue weighted by atomic mass is 32.2. The number of thioether (sulfide) groups is 1. The van der Waals surface area contributed by atoms with Crippen LogP contribution in [0.15, 0.2) is 53.4 Å². The van der Waals surface area contributed by atoms with E-state index in [1.807, 2.05) is 30.3 Å². The molecule has 2 fully saturated rings. The maximum atomic E-state index is 14.4. The van der Waals surface area contributed by atoms with Gasteiger partial charge in [0.2, 0.25) is 0 Å². The molecule has 2 aliphatic rings. The molecular formula is C28H35F3S. The van der Waals surface area contributed by atoms with Crippen LogP contribution in [0.25, 0.3) is 0 Å². The van der Waals surface area contributed by atoms with E-state index in [0.717, 1.165) is 41.6 Å². The standard InChI is InChI=1S/C28H35F3S/c29-25(19-32-26-4-2-1-3-5-26)16-8-20-6-9-21(10-7-20)22-11-13-23(14-12-22)24-15-17-27(30)28(31)18-24/h1-5,15,17-18,20-23,25H,6-14,16,19H2. The number of halogens is 3. The minimum Gasteiger partial charge on any atom is -0.247 e. The summed E-state index contributed by atoms with van der Waals surface area (Å²) in [6, 6.07) is 14.5. The lowest BCUT2D eigenvalue weighted by atomic mass is 9.68. The van der Waals surface area contributed by atoms with Crippen molar-refractivity contribution in [3.05, 3.63) is 65.7 Å². The molecule has 0 N–H and O–H groups in total. The number of hydrogen-bond acceptors (Lipinski definition) is 1. The van der Waals surface area contributed by atoms with Gasteiger partial charge in [0.05, 0.1) is 0 Å². The summed E-state index contributed by atoms with van der Waals surface area (Å²) in [5.74, 6) is 1.70.